The Kier molecular flexibility index (Phi) is 4.95. The summed E-state index contributed by atoms with van der Waals surface area (Å²) in [5, 5.41) is 9.37. The number of carboxylic acid groups (broad SMARTS) is 1. The summed E-state index contributed by atoms with van der Waals surface area (Å²) in [6, 6.07) is 8.03. The van der Waals surface area contributed by atoms with E-state index in [1.807, 2.05) is 0 Å². The molecule has 0 aliphatic heterocycles. The first kappa shape index (κ1) is 16.5. The van der Waals surface area contributed by atoms with E-state index in [9.17, 15) is 19.1 Å². The van der Waals surface area contributed by atoms with Crippen molar-refractivity contribution in [1.82, 2.24) is 0 Å². The summed E-state index contributed by atoms with van der Waals surface area (Å²) < 4.78 is 24.2. The van der Waals surface area contributed by atoms with E-state index in [-0.39, 0.29) is 28.9 Å². The van der Waals surface area contributed by atoms with Gasteiger partial charge in [0.15, 0.2) is 0 Å². The minimum Gasteiger partial charge on any atom is -0.497 e. The summed E-state index contributed by atoms with van der Waals surface area (Å²) in [5.74, 6) is -2.30. The molecule has 2 aromatic carbocycles. The highest BCUT2D eigenvalue weighted by Crippen LogP contribution is 2.33. The Morgan fingerprint density at radius 1 is 1.17 bits per heavy atom. The van der Waals surface area contributed by atoms with E-state index in [0.717, 1.165) is 6.07 Å². The van der Waals surface area contributed by atoms with Gasteiger partial charge >= 0.3 is 11.9 Å². The van der Waals surface area contributed by atoms with Crippen LogP contribution in [0.25, 0.3) is 11.1 Å². The van der Waals surface area contributed by atoms with Gasteiger partial charge in [0.05, 0.1) is 24.8 Å². The number of ether oxygens (including phenoxy) is 2. The fraction of sp³-hybridized carbons (Fsp3) is 0.176. The van der Waals surface area contributed by atoms with Gasteiger partial charge in [0.25, 0.3) is 0 Å². The maximum absolute atomic E-state index is 14.3. The van der Waals surface area contributed by atoms with Crippen molar-refractivity contribution in [2.45, 2.75) is 6.92 Å². The number of methoxy groups -OCH3 is 1. The summed E-state index contributed by atoms with van der Waals surface area (Å²) in [7, 11) is 1.41. The molecule has 0 unspecified atom stereocenters. The first-order valence-electron chi connectivity index (χ1n) is 6.87. The van der Waals surface area contributed by atoms with E-state index in [1.54, 1.807) is 6.92 Å². The fourth-order valence-electron chi connectivity index (χ4n) is 2.22. The lowest BCUT2D eigenvalue weighted by Gasteiger charge is -2.14. The van der Waals surface area contributed by atoms with Crippen LogP contribution in [-0.2, 0) is 4.74 Å². The molecule has 0 aliphatic carbocycles. The van der Waals surface area contributed by atoms with Gasteiger partial charge in [-0.05, 0) is 37.3 Å². The Morgan fingerprint density at radius 2 is 1.87 bits per heavy atom. The molecular weight excluding hydrogens is 303 g/mol. The molecule has 0 fully saturated rings. The summed E-state index contributed by atoms with van der Waals surface area (Å²) in [5.41, 5.74) is -0.276. The Bertz CT molecular complexity index is 755. The predicted molar refractivity (Wildman–Crippen MR) is 81.3 cm³/mol. The van der Waals surface area contributed by atoms with E-state index in [4.69, 9.17) is 9.47 Å². The molecule has 0 saturated heterocycles. The zero-order chi connectivity index (χ0) is 17.0. The molecule has 0 bridgehead atoms. The number of rotatable bonds is 5. The minimum atomic E-state index is -1.27. The van der Waals surface area contributed by atoms with Crippen LogP contribution < -0.4 is 4.74 Å². The van der Waals surface area contributed by atoms with E-state index in [1.165, 1.54) is 37.4 Å². The molecule has 0 amide bonds. The molecule has 0 radical (unpaired) electrons. The number of hydrogen-bond acceptors (Lipinski definition) is 4. The molecule has 23 heavy (non-hydrogen) atoms. The monoisotopic (exact) mass is 318 g/mol. The normalized spacial score (nSPS) is 10.2. The highest BCUT2D eigenvalue weighted by atomic mass is 19.1. The molecule has 5 nitrogen and oxygen atoms in total. The summed E-state index contributed by atoms with van der Waals surface area (Å²) >= 11 is 0. The van der Waals surface area contributed by atoms with Crippen molar-refractivity contribution in [3.05, 3.63) is 53.3 Å². The van der Waals surface area contributed by atoms with Crippen LogP contribution in [0.5, 0.6) is 5.75 Å². The molecule has 2 rings (SSSR count). The van der Waals surface area contributed by atoms with Crippen LogP contribution in [0.3, 0.4) is 0 Å². The number of carboxylic acids is 1. The molecule has 6 heteroatoms. The van der Waals surface area contributed by atoms with E-state index in [0.29, 0.717) is 5.75 Å². The first-order valence-corrected chi connectivity index (χ1v) is 6.87. The minimum absolute atomic E-state index is 0.0149. The van der Waals surface area contributed by atoms with Crippen molar-refractivity contribution in [2.24, 2.45) is 0 Å². The van der Waals surface area contributed by atoms with E-state index >= 15 is 0 Å². The average Bonchev–Trinajstić information content (AvgIpc) is 2.54. The highest BCUT2D eigenvalue weighted by molar-refractivity contribution is 6.05. The summed E-state index contributed by atoms with van der Waals surface area (Å²) in [6.07, 6.45) is 0. The van der Waals surface area contributed by atoms with E-state index < -0.39 is 17.8 Å². The average molecular weight is 318 g/mol. The summed E-state index contributed by atoms with van der Waals surface area (Å²) in [4.78, 5) is 23.6. The standard InChI is InChI=1S/C17H15FO5/c1-3-23-17(21)12-6-4-5-11(16(19)20)15(12)13-9-10(22-2)7-8-14(13)18/h4-9H,3H2,1-2H3,(H,19,20). The van der Waals surface area contributed by atoms with Gasteiger partial charge in [-0.2, -0.15) is 0 Å². The number of hydrogen-bond donors (Lipinski definition) is 1. The van der Waals surface area contributed by atoms with Gasteiger partial charge < -0.3 is 14.6 Å². The second-order valence-electron chi connectivity index (χ2n) is 4.60. The fourth-order valence-corrected chi connectivity index (χ4v) is 2.22. The van der Waals surface area contributed by atoms with Gasteiger partial charge in [-0.25, -0.2) is 14.0 Å². The largest absolute Gasteiger partial charge is 0.497 e. The molecule has 0 spiro atoms. The Balaban J connectivity index is 2.77. The van der Waals surface area contributed by atoms with Gasteiger partial charge in [-0.3, -0.25) is 0 Å². The van der Waals surface area contributed by atoms with Crippen LogP contribution >= 0.6 is 0 Å². The maximum Gasteiger partial charge on any atom is 0.338 e. The molecule has 120 valence electrons. The zero-order valence-corrected chi connectivity index (χ0v) is 12.6. The number of benzene rings is 2. The zero-order valence-electron chi connectivity index (χ0n) is 12.6. The van der Waals surface area contributed by atoms with Crippen LogP contribution in [-0.4, -0.2) is 30.8 Å². The summed E-state index contributed by atoms with van der Waals surface area (Å²) in [6.45, 7) is 1.75. The van der Waals surface area contributed by atoms with Crippen LogP contribution in [0.4, 0.5) is 4.39 Å². The SMILES string of the molecule is CCOC(=O)c1cccc(C(=O)O)c1-c1cc(OC)ccc1F. The molecule has 0 aromatic heterocycles. The number of aromatic carboxylic acids is 1. The molecule has 1 N–H and O–H groups in total. The van der Waals surface area contributed by atoms with Gasteiger partial charge in [0.2, 0.25) is 0 Å². The first-order chi connectivity index (χ1) is 11.0. The highest BCUT2D eigenvalue weighted by Gasteiger charge is 2.23. The van der Waals surface area contributed by atoms with Crippen molar-refractivity contribution in [3.8, 4) is 16.9 Å². The van der Waals surface area contributed by atoms with Crippen molar-refractivity contribution in [3.63, 3.8) is 0 Å². The second-order valence-corrected chi connectivity index (χ2v) is 4.60. The lowest BCUT2D eigenvalue weighted by molar-refractivity contribution is 0.0527. The van der Waals surface area contributed by atoms with Crippen molar-refractivity contribution in [1.29, 1.82) is 0 Å². The molecule has 0 atom stereocenters. The lowest BCUT2D eigenvalue weighted by atomic mass is 9.93. The van der Waals surface area contributed by atoms with Gasteiger partial charge in [-0.1, -0.05) is 6.07 Å². The van der Waals surface area contributed by atoms with Crippen LogP contribution in [0.1, 0.15) is 27.6 Å². The van der Waals surface area contributed by atoms with Gasteiger partial charge in [0.1, 0.15) is 11.6 Å². The van der Waals surface area contributed by atoms with Crippen molar-refractivity contribution in [2.75, 3.05) is 13.7 Å². The molecule has 0 saturated carbocycles. The molecule has 0 aliphatic rings. The lowest BCUT2D eigenvalue weighted by Crippen LogP contribution is -2.11. The Hall–Kier alpha value is -2.89. The third-order valence-corrected chi connectivity index (χ3v) is 3.23. The van der Waals surface area contributed by atoms with Crippen molar-refractivity contribution >= 4 is 11.9 Å². The third-order valence-electron chi connectivity index (χ3n) is 3.23. The number of carbonyl (C=O) groups is 2. The predicted octanol–water partition coefficient (Wildman–Crippen LogP) is 3.38. The van der Waals surface area contributed by atoms with Crippen LogP contribution in [0, 0.1) is 5.82 Å². The topological polar surface area (TPSA) is 72.8 Å². The number of esters is 1. The molecule has 2 aromatic rings. The van der Waals surface area contributed by atoms with E-state index in [2.05, 4.69) is 0 Å². The number of carbonyl (C=O) groups excluding carboxylic acids is 1. The quantitative estimate of drug-likeness (QED) is 0.856. The Morgan fingerprint density at radius 3 is 2.48 bits per heavy atom. The maximum atomic E-state index is 14.3. The van der Waals surface area contributed by atoms with Gasteiger partial charge in [0, 0.05) is 11.1 Å². The smallest absolute Gasteiger partial charge is 0.338 e. The second kappa shape index (κ2) is 6.91. The molecular formula is C17H15FO5. The van der Waals surface area contributed by atoms with Crippen LogP contribution in [0.2, 0.25) is 0 Å². The van der Waals surface area contributed by atoms with Crippen molar-refractivity contribution < 1.29 is 28.6 Å². The Labute approximate surface area is 132 Å². The van der Waals surface area contributed by atoms with Gasteiger partial charge in [-0.15, -0.1) is 0 Å². The van der Waals surface area contributed by atoms with Crippen LogP contribution in [0.15, 0.2) is 36.4 Å². The third kappa shape index (κ3) is 3.31. The number of halogens is 1. The molecule has 0 heterocycles.